The Morgan fingerprint density at radius 2 is 1.64 bits per heavy atom. The predicted molar refractivity (Wildman–Crippen MR) is 101 cm³/mol. The maximum absolute atomic E-state index is 12.2. The third-order valence-corrected chi connectivity index (χ3v) is 7.64. The number of rotatable bonds is 7. The molecule has 134 valence electrons. The normalized spacial score (nSPS) is 12.8. The van der Waals surface area contributed by atoms with E-state index in [2.05, 4.69) is 4.72 Å². The van der Waals surface area contributed by atoms with Crippen molar-refractivity contribution in [1.82, 2.24) is 4.72 Å². The molecule has 0 radical (unpaired) electrons. The van der Waals surface area contributed by atoms with Gasteiger partial charge in [0, 0.05) is 12.1 Å². The Balaban J connectivity index is 2.00. The molecule has 0 atom stereocenters. The molecule has 2 rings (SSSR count). The van der Waals surface area contributed by atoms with Gasteiger partial charge in [-0.2, -0.15) is 0 Å². The van der Waals surface area contributed by atoms with Crippen molar-refractivity contribution in [2.45, 2.75) is 30.8 Å². The summed E-state index contributed by atoms with van der Waals surface area (Å²) in [5, 5.41) is 0. The van der Waals surface area contributed by atoms with Crippen LogP contribution in [0.2, 0.25) is 5.54 Å². The van der Waals surface area contributed by atoms with Crippen molar-refractivity contribution < 1.29 is 18.0 Å². The average Bonchev–Trinajstić information content (AvgIpc) is 2.60. The van der Waals surface area contributed by atoms with Gasteiger partial charge in [-0.3, -0.25) is 0 Å². The standard InChI is InChI=1S/C18H23NO4SSi/c1-15(2)25(22,23)13-12-16-8-10-17(11-9-16)14-19-24(20,21)18-6-4-3-5-7-18/h3-13,15,19,22-23H,14H2,1-2H3/b13-12+. The molecule has 25 heavy (non-hydrogen) atoms. The van der Waals surface area contributed by atoms with Gasteiger partial charge in [0.05, 0.1) is 4.90 Å². The molecule has 0 saturated heterocycles. The van der Waals surface area contributed by atoms with Gasteiger partial charge in [0.15, 0.2) is 0 Å². The fourth-order valence-electron chi connectivity index (χ4n) is 2.02. The lowest BCUT2D eigenvalue weighted by atomic mass is 10.1. The minimum absolute atomic E-state index is 0.185. The summed E-state index contributed by atoms with van der Waals surface area (Å²) in [6, 6.07) is 15.5. The fourth-order valence-corrected chi connectivity index (χ4v) is 3.88. The molecule has 2 aromatic carbocycles. The third kappa shape index (κ3) is 5.62. The van der Waals surface area contributed by atoms with Crippen LogP contribution in [0.5, 0.6) is 0 Å². The summed E-state index contributed by atoms with van der Waals surface area (Å²) in [5.74, 6) is 0. The molecule has 0 aliphatic heterocycles. The average molecular weight is 378 g/mol. The topological polar surface area (TPSA) is 86.6 Å². The van der Waals surface area contributed by atoms with Crippen LogP contribution >= 0.6 is 0 Å². The molecular weight excluding hydrogens is 354 g/mol. The minimum Gasteiger partial charge on any atom is -0.408 e. The van der Waals surface area contributed by atoms with E-state index >= 15 is 0 Å². The van der Waals surface area contributed by atoms with E-state index < -0.39 is 18.6 Å². The van der Waals surface area contributed by atoms with E-state index in [1.54, 1.807) is 62.4 Å². The summed E-state index contributed by atoms with van der Waals surface area (Å²) < 4.78 is 26.9. The number of hydrogen-bond acceptors (Lipinski definition) is 4. The van der Waals surface area contributed by atoms with Crippen molar-refractivity contribution >= 4 is 24.7 Å². The molecule has 7 heteroatoms. The molecule has 0 amide bonds. The summed E-state index contributed by atoms with van der Waals surface area (Å²) in [6.45, 7) is 3.74. The molecule has 0 aromatic heterocycles. The Labute approximate surface area is 150 Å². The number of hydrogen-bond donors (Lipinski definition) is 3. The van der Waals surface area contributed by atoms with E-state index in [1.165, 1.54) is 5.70 Å². The Morgan fingerprint density at radius 1 is 1.04 bits per heavy atom. The van der Waals surface area contributed by atoms with Crippen molar-refractivity contribution in [2.24, 2.45) is 0 Å². The first-order chi connectivity index (χ1) is 11.7. The van der Waals surface area contributed by atoms with E-state index in [1.807, 2.05) is 12.1 Å². The maximum Gasteiger partial charge on any atom is 0.362 e. The van der Waals surface area contributed by atoms with Crippen molar-refractivity contribution in [3.63, 3.8) is 0 Å². The Morgan fingerprint density at radius 3 is 2.20 bits per heavy atom. The number of sulfonamides is 1. The monoisotopic (exact) mass is 377 g/mol. The lowest BCUT2D eigenvalue weighted by Gasteiger charge is -2.17. The zero-order chi connectivity index (χ0) is 18.5. The van der Waals surface area contributed by atoms with Crippen molar-refractivity contribution in [3.8, 4) is 0 Å². The fraction of sp³-hybridized carbons (Fsp3) is 0.222. The first-order valence-corrected chi connectivity index (χ1v) is 11.5. The first kappa shape index (κ1) is 19.6. The molecule has 0 fully saturated rings. The zero-order valence-electron chi connectivity index (χ0n) is 14.3. The van der Waals surface area contributed by atoms with Gasteiger partial charge >= 0.3 is 8.56 Å². The van der Waals surface area contributed by atoms with Gasteiger partial charge in [-0.05, 0) is 29.0 Å². The smallest absolute Gasteiger partial charge is 0.362 e. The van der Waals surface area contributed by atoms with E-state index in [0.717, 1.165) is 11.1 Å². The molecule has 0 saturated carbocycles. The van der Waals surface area contributed by atoms with Gasteiger partial charge in [0.1, 0.15) is 0 Å². The molecule has 5 nitrogen and oxygen atoms in total. The van der Waals surface area contributed by atoms with E-state index in [0.29, 0.717) is 0 Å². The molecule has 0 unspecified atom stereocenters. The Hall–Kier alpha value is -1.77. The van der Waals surface area contributed by atoms with Crippen LogP contribution in [0.25, 0.3) is 6.08 Å². The predicted octanol–water partition coefficient (Wildman–Crippen LogP) is 2.55. The Kier molecular flexibility index (Phi) is 6.31. The zero-order valence-corrected chi connectivity index (χ0v) is 16.1. The second-order valence-electron chi connectivity index (χ2n) is 6.15. The van der Waals surface area contributed by atoms with Crippen molar-refractivity contribution in [2.75, 3.05) is 0 Å². The van der Waals surface area contributed by atoms with Crippen LogP contribution in [0.1, 0.15) is 25.0 Å². The largest absolute Gasteiger partial charge is 0.408 e. The first-order valence-electron chi connectivity index (χ1n) is 7.98. The summed E-state index contributed by atoms with van der Waals surface area (Å²) in [5.41, 5.74) is 2.94. The highest BCUT2D eigenvalue weighted by Gasteiger charge is 2.29. The number of benzene rings is 2. The third-order valence-electron chi connectivity index (χ3n) is 3.87. The lowest BCUT2D eigenvalue weighted by molar-refractivity contribution is 0.364. The summed E-state index contributed by atoms with van der Waals surface area (Å²) in [4.78, 5) is 20.1. The summed E-state index contributed by atoms with van der Waals surface area (Å²) in [6.07, 6.45) is 1.68. The van der Waals surface area contributed by atoms with Crippen molar-refractivity contribution in [3.05, 3.63) is 71.4 Å². The second-order valence-corrected chi connectivity index (χ2v) is 11.0. The van der Waals surface area contributed by atoms with Gasteiger partial charge < -0.3 is 9.59 Å². The van der Waals surface area contributed by atoms with E-state index in [4.69, 9.17) is 0 Å². The molecule has 0 aliphatic carbocycles. The van der Waals surface area contributed by atoms with Gasteiger partial charge in [-0.1, -0.05) is 62.4 Å². The van der Waals surface area contributed by atoms with Crippen molar-refractivity contribution in [1.29, 1.82) is 0 Å². The maximum atomic E-state index is 12.2. The molecular formula is C18H23NO4SSi. The lowest BCUT2D eigenvalue weighted by Crippen LogP contribution is -2.35. The highest BCUT2D eigenvalue weighted by molar-refractivity contribution is 7.89. The molecule has 0 aliphatic rings. The summed E-state index contributed by atoms with van der Waals surface area (Å²) in [7, 11) is -6.86. The van der Waals surface area contributed by atoms with Crippen LogP contribution in [0.3, 0.4) is 0 Å². The second kappa shape index (κ2) is 8.07. The summed E-state index contributed by atoms with van der Waals surface area (Å²) >= 11 is 0. The van der Waals surface area contributed by atoms with Gasteiger partial charge in [0.2, 0.25) is 10.0 Å². The number of nitrogens with one attached hydrogen (secondary N) is 1. The van der Waals surface area contributed by atoms with Gasteiger partial charge in [-0.15, -0.1) is 0 Å². The molecule has 0 bridgehead atoms. The van der Waals surface area contributed by atoms with Crippen LogP contribution in [-0.2, 0) is 16.6 Å². The highest BCUT2D eigenvalue weighted by Crippen LogP contribution is 2.17. The quantitative estimate of drug-likeness (QED) is 0.647. The molecule has 0 spiro atoms. The molecule has 2 aromatic rings. The van der Waals surface area contributed by atoms with Crippen LogP contribution in [0.15, 0.2) is 65.2 Å². The van der Waals surface area contributed by atoms with Crippen LogP contribution in [-0.4, -0.2) is 26.6 Å². The van der Waals surface area contributed by atoms with Crippen LogP contribution in [0.4, 0.5) is 0 Å². The van der Waals surface area contributed by atoms with Crippen LogP contribution < -0.4 is 4.72 Å². The van der Waals surface area contributed by atoms with Gasteiger partial charge in [0.25, 0.3) is 0 Å². The highest BCUT2D eigenvalue weighted by atomic mass is 32.2. The van der Waals surface area contributed by atoms with Crippen LogP contribution in [0, 0.1) is 0 Å². The van der Waals surface area contributed by atoms with Gasteiger partial charge in [-0.25, -0.2) is 13.1 Å². The van der Waals surface area contributed by atoms with E-state index in [-0.39, 0.29) is 17.0 Å². The molecule has 3 N–H and O–H groups in total. The minimum atomic E-state index is -3.53. The Bertz CT molecular complexity index is 816. The SMILES string of the molecule is CC(C)[Si](O)(O)/C=C/c1ccc(CNS(=O)(=O)c2ccccc2)cc1. The molecule has 0 heterocycles. The van der Waals surface area contributed by atoms with E-state index in [9.17, 15) is 18.0 Å².